The van der Waals surface area contributed by atoms with Gasteiger partial charge in [0.2, 0.25) is 5.91 Å². The highest BCUT2D eigenvalue weighted by atomic mass is 35.5. The molecular formula is C12H11ClN4O2S. The zero-order valence-corrected chi connectivity index (χ0v) is 11.8. The molecule has 0 fully saturated rings. The van der Waals surface area contributed by atoms with Crippen LogP contribution in [-0.2, 0) is 11.2 Å². The highest BCUT2D eigenvalue weighted by molar-refractivity contribution is 7.13. The Hall–Kier alpha value is -2.12. The van der Waals surface area contributed by atoms with E-state index >= 15 is 0 Å². The zero-order valence-electron chi connectivity index (χ0n) is 10.2. The van der Waals surface area contributed by atoms with E-state index in [9.17, 15) is 9.59 Å². The molecule has 0 radical (unpaired) electrons. The Balaban J connectivity index is 2.14. The summed E-state index contributed by atoms with van der Waals surface area (Å²) in [6.07, 6.45) is -0.0114. The van der Waals surface area contributed by atoms with Gasteiger partial charge in [0.05, 0.1) is 22.8 Å². The van der Waals surface area contributed by atoms with Crippen LogP contribution in [0.25, 0.3) is 10.6 Å². The van der Waals surface area contributed by atoms with Gasteiger partial charge in [-0.15, -0.1) is 11.3 Å². The van der Waals surface area contributed by atoms with Crippen LogP contribution in [0.2, 0.25) is 5.02 Å². The standard InChI is InChI=1S/C12H11ClN4O2S/c13-8-2-1-6(3-9(8)14)11-16-7(5-20-11)4-10(18)17-12(15)19/h1-3,5H,4,14H2,(H3,15,17,18,19). The summed E-state index contributed by atoms with van der Waals surface area (Å²) in [5.74, 6) is -0.495. The Morgan fingerprint density at radius 3 is 2.80 bits per heavy atom. The predicted octanol–water partition coefficient (Wildman–Crippen LogP) is 1.78. The molecule has 104 valence electrons. The Kier molecular flexibility index (Phi) is 4.21. The fourth-order valence-electron chi connectivity index (χ4n) is 1.54. The molecule has 3 amide bonds. The number of nitrogens with zero attached hydrogens (tertiary/aromatic N) is 1. The number of carbonyl (C=O) groups is 2. The molecule has 0 aliphatic carbocycles. The smallest absolute Gasteiger partial charge is 0.318 e. The van der Waals surface area contributed by atoms with Crippen molar-refractivity contribution in [2.75, 3.05) is 5.73 Å². The van der Waals surface area contributed by atoms with Crippen LogP contribution >= 0.6 is 22.9 Å². The third kappa shape index (κ3) is 3.46. The van der Waals surface area contributed by atoms with Crippen LogP contribution in [0.1, 0.15) is 5.69 Å². The van der Waals surface area contributed by atoms with Crippen molar-refractivity contribution in [1.82, 2.24) is 10.3 Å². The van der Waals surface area contributed by atoms with Gasteiger partial charge in [0.1, 0.15) is 5.01 Å². The molecule has 5 N–H and O–H groups in total. The molecule has 0 unspecified atom stereocenters. The minimum atomic E-state index is -0.879. The first kappa shape index (κ1) is 14.3. The Labute approximate surface area is 123 Å². The summed E-state index contributed by atoms with van der Waals surface area (Å²) in [5.41, 5.74) is 12.4. The largest absolute Gasteiger partial charge is 0.398 e. The number of nitrogens with two attached hydrogens (primary N) is 2. The highest BCUT2D eigenvalue weighted by Gasteiger charge is 2.11. The van der Waals surface area contributed by atoms with Crippen molar-refractivity contribution in [3.63, 3.8) is 0 Å². The molecule has 0 bridgehead atoms. The van der Waals surface area contributed by atoms with Crippen LogP contribution in [0, 0.1) is 0 Å². The lowest BCUT2D eigenvalue weighted by Crippen LogP contribution is -2.35. The van der Waals surface area contributed by atoms with Gasteiger partial charge >= 0.3 is 6.03 Å². The number of hydrogen-bond acceptors (Lipinski definition) is 5. The molecule has 20 heavy (non-hydrogen) atoms. The highest BCUT2D eigenvalue weighted by Crippen LogP contribution is 2.29. The second kappa shape index (κ2) is 5.89. The molecule has 2 aromatic rings. The molecule has 6 nitrogen and oxygen atoms in total. The Morgan fingerprint density at radius 1 is 1.40 bits per heavy atom. The fraction of sp³-hybridized carbons (Fsp3) is 0.0833. The number of nitrogens with one attached hydrogen (secondary N) is 1. The van der Waals surface area contributed by atoms with E-state index in [1.54, 1.807) is 23.6 Å². The SMILES string of the molecule is NC(=O)NC(=O)Cc1csc(-c2ccc(Cl)c(N)c2)n1. The lowest BCUT2D eigenvalue weighted by molar-refractivity contribution is -0.119. The molecule has 0 aliphatic heterocycles. The van der Waals surface area contributed by atoms with Crippen LogP contribution in [0.5, 0.6) is 0 Å². The van der Waals surface area contributed by atoms with Crippen LogP contribution < -0.4 is 16.8 Å². The summed E-state index contributed by atoms with van der Waals surface area (Å²) in [5, 5.41) is 4.92. The number of primary amides is 1. The fourth-order valence-corrected chi connectivity index (χ4v) is 2.48. The van der Waals surface area contributed by atoms with Gasteiger partial charge in [-0.1, -0.05) is 17.7 Å². The topological polar surface area (TPSA) is 111 Å². The number of benzene rings is 1. The quantitative estimate of drug-likeness (QED) is 0.750. The van der Waals surface area contributed by atoms with Crippen LogP contribution in [0.15, 0.2) is 23.6 Å². The van der Waals surface area contributed by atoms with Gasteiger partial charge in [-0.2, -0.15) is 0 Å². The van der Waals surface area contributed by atoms with Gasteiger partial charge < -0.3 is 11.5 Å². The number of amides is 3. The van der Waals surface area contributed by atoms with E-state index < -0.39 is 11.9 Å². The van der Waals surface area contributed by atoms with Crippen LogP contribution in [0.4, 0.5) is 10.5 Å². The average molecular weight is 311 g/mol. The van der Waals surface area contributed by atoms with Crippen molar-refractivity contribution in [1.29, 1.82) is 0 Å². The minimum Gasteiger partial charge on any atom is -0.398 e. The van der Waals surface area contributed by atoms with E-state index in [1.807, 2.05) is 5.32 Å². The summed E-state index contributed by atoms with van der Waals surface area (Å²) in [6.45, 7) is 0. The predicted molar refractivity (Wildman–Crippen MR) is 78.4 cm³/mol. The van der Waals surface area contributed by atoms with Gasteiger partial charge in [-0.05, 0) is 12.1 Å². The number of anilines is 1. The molecule has 1 aromatic heterocycles. The molecule has 0 saturated heterocycles. The molecule has 0 saturated carbocycles. The Bertz CT molecular complexity index is 671. The average Bonchev–Trinajstić information content (AvgIpc) is 2.80. The number of carbonyl (C=O) groups excluding carboxylic acids is 2. The van der Waals surface area contributed by atoms with Crippen molar-refractivity contribution in [3.8, 4) is 10.6 Å². The number of halogens is 1. The van der Waals surface area contributed by atoms with Crippen molar-refractivity contribution >= 4 is 40.6 Å². The van der Waals surface area contributed by atoms with Gasteiger partial charge in [0.25, 0.3) is 0 Å². The maximum atomic E-state index is 11.4. The normalized spacial score (nSPS) is 10.2. The summed E-state index contributed by atoms with van der Waals surface area (Å²) < 4.78 is 0. The van der Waals surface area contributed by atoms with Crippen molar-refractivity contribution < 1.29 is 9.59 Å². The minimum absolute atomic E-state index is 0.0114. The summed E-state index contributed by atoms with van der Waals surface area (Å²) in [6, 6.07) is 4.32. The Morgan fingerprint density at radius 2 is 2.15 bits per heavy atom. The number of rotatable bonds is 3. The maximum Gasteiger partial charge on any atom is 0.318 e. The van der Waals surface area contributed by atoms with E-state index in [-0.39, 0.29) is 6.42 Å². The number of hydrogen-bond donors (Lipinski definition) is 3. The van der Waals surface area contributed by atoms with Crippen molar-refractivity contribution in [3.05, 3.63) is 34.3 Å². The van der Waals surface area contributed by atoms with Gasteiger partial charge in [-0.3, -0.25) is 10.1 Å². The number of thiazole rings is 1. The molecular weight excluding hydrogens is 300 g/mol. The van der Waals surface area contributed by atoms with E-state index in [0.29, 0.717) is 16.4 Å². The van der Waals surface area contributed by atoms with E-state index in [1.165, 1.54) is 11.3 Å². The molecule has 1 aromatic carbocycles. The number of imide groups is 1. The number of urea groups is 1. The van der Waals surface area contributed by atoms with Gasteiger partial charge in [-0.25, -0.2) is 9.78 Å². The number of nitrogen functional groups attached to an aromatic ring is 1. The van der Waals surface area contributed by atoms with E-state index in [0.717, 1.165) is 10.6 Å². The van der Waals surface area contributed by atoms with Crippen molar-refractivity contribution in [2.45, 2.75) is 6.42 Å². The second-order valence-electron chi connectivity index (χ2n) is 3.97. The molecule has 8 heteroatoms. The zero-order chi connectivity index (χ0) is 14.7. The van der Waals surface area contributed by atoms with Gasteiger partial charge in [0.15, 0.2) is 0 Å². The first-order chi connectivity index (χ1) is 9.45. The monoisotopic (exact) mass is 310 g/mol. The molecule has 0 atom stereocenters. The molecule has 0 spiro atoms. The first-order valence-corrected chi connectivity index (χ1v) is 6.80. The van der Waals surface area contributed by atoms with Crippen LogP contribution in [0.3, 0.4) is 0 Å². The second-order valence-corrected chi connectivity index (χ2v) is 5.23. The third-order valence-corrected chi connectivity index (χ3v) is 3.68. The third-order valence-electron chi connectivity index (χ3n) is 2.40. The summed E-state index contributed by atoms with van der Waals surface area (Å²) in [4.78, 5) is 26.2. The van der Waals surface area contributed by atoms with Crippen molar-refractivity contribution in [2.24, 2.45) is 5.73 Å². The van der Waals surface area contributed by atoms with Crippen LogP contribution in [-0.4, -0.2) is 16.9 Å². The maximum absolute atomic E-state index is 11.4. The lowest BCUT2D eigenvalue weighted by atomic mass is 10.2. The van der Waals surface area contributed by atoms with Gasteiger partial charge in [0, 0.05) is 10.9 Å². The molecule has 0 aliphatic rings. The molecule has 1 heterocycles. The summed E-state index contributed by atoms with van der Waals surface area (Å²) in [7, 11) is 0. The number of aromatic nitrogens is 1. The lowest BCUT2D eigenvalue weighted by Gasteiger charge is -2.00. The van der Waals surface area contributed by atoms with E-state index in [4.69, 9.17) is 23.1 Å². The van der Waals surface area contributed by atoms with E-state index in [2.05, 4.69) is 4.98 Å². The first-order valence-electron chi connectivity index (χ1n) is 5.55. The molecule has 2 rings (SSSR count). The summed E-state index contributed by atoms with van der Waals surface area (Å²) >= 11 is 7.22.